The molecule has 1 atom stereocenters. The quantitative estimate of drug-likeness (QED) is 0.764. The van der Waals surface area contributed by atoms with Crippen molar-refractivity contribution in [3.63, 3.8) is 0 Å². The Balaban J connectivity index is 2.14. The average molecular weight is 426 g/mol. The SMILES string of the molecule is COc1cc2c(cc1OC)[C@H](CC(=O)O)N(S(=O)(=O)c1ccccc1Cl)CC2. The van der Waals surface area contributed by atoms with E-state index in [1.165, 1.54) is 30.7 Å². The molecule has 150 valence electrons. The topological polar surface area (TPSA) is 93.1 Å². The Bertz CT molecular complexity index is 1010. The number of carboxylic acid groups (broad SMARTS) is 1. The van der Waals surface area contributed by atoms with Crippen molar-refractivity contribution in [2.45, 2.75) is 23.8 Å². The minimum Gasteiger partial charge on any atom is -0.493 e. The van der Waals surface area contributed by atoms with Gasteiger partial charge in [0, 0.05) is 6.54 Å². The van der Waals surface area contributed by atoms with E-state index in [-0.39, 0.29) is 22.9 Å². The van der Waals surface area contributed by atoms with Crippen LogP contribution < -0.4 is 9.47 Å². The number of methoxy groups -OCH3 is 2. The Morgan fingerprint density at radius 3 is 2.46 bits per heavy atom. The molecule has 1 N–H and O–H groups in total. The van der Waals surface area contributed by atoms with E-state index in [4.69, 9.17) is 21.1 Å². The van der Waals surface area contributed by atoms with E-state index in [0.717, 1.165) is 5.56 Å². The van der Waals surface area contributed by atoms with E-state index in [0.29, 0.717) is 23.5 Å². The van der Waals surface area contributed by atoms with Gasteiger partial charge in [-0.15, -0.1) is 0 Å². The molecule has 3 rings (SSSR count). The van der Waals surface area contributed by atoms with Crippen LogP contribution in [0.1, 0.15) is 23.6 Å². The fourth-order valence-corrected chi connectivity index (χ4v) is 5.55. The number of benzene rings is 2. The van der Waals surface area contributed by atoms with Crippen molar-refractivity contribution >= 4 is 27.6 Å². The van der Waals surface area contributed by atoms with Crippen LogP contribution >= 0.6 is 11.6 Å². The fraction of sp³-hybridized carbons (Fsp3) is 0.316. The summed E-state index contributed by atoms with van der Waals surface area (Å²) in [6.07, 6.45) is 0.0294. The number of nitrogens with zero attached hydrogens (tertiary/aromatic N) is 1. The molecule has 0 amide bonds. The summed E-state index contributed by atoms with van der Waals surface area (Å²) in [7, 11) is -1.02. The third kappa shape index (κ3) is 3.67. The van der Waals surface area contributed by atoms with Crippen LogP contribution in [0, 0.1) is 0 Å². The minimum atomic E-state index is -4.00. The molecule has 0 bridgehead atoms. The summed E-state index contributed by atoms with van der Waals surface area (Å²) in [6.45, 7) is 0.133. The van der Waals surface area contributed by atoms with Gasteiger partial charge in [-0.05, 0) is 41.8 Å². The predicted octanol–water partition coefficient (Wildman–Crippen LogP) is 3.12. The molecule has 1 heterocycles. The first-order valence-electron chi connectivity index (χ1n) is 8.52. The van der Waals surface area contributed by atoms with Gasteiger partial charge in [-0.2, -0.15) is 4.31 Å². The lowest BCUT2D eigenvalue weighted by Gasteiger charge is -2.36. The highest BCUT2D eigenvalue weighted by Crippen LogP contribution is 2.42. The number of hydrogen-bond donors (Lipinski definition) is 1. The molecule has 2 aromatic carbocycles. The first-order valence-corrected chi connectivity index (χ1v) is 10.3. The second-order valence-electron chi connectivity index (χ2n) is 6.32. The number of sulfonamides is 1. The van der Waals surface area contributed by atoms with E-state index in [9.17, 15) is 18.3 Å². The first kappa shape index (κ1) is 20.4. The predicted molar refractivity (Wildman–Crippen MR) is 104 cm³/mol. The smallest absolute Gasteiger partial charge is 0.305 e. The third-order valence-electron chi connectivity index (χ3n) is 4.74. The van der Waals surface area contributed by atoms with Crippen molar-refractivity contribution in [1.29, 1.82) is 0 Å². The lowest BCUT2D eigenvalue weighted by atomic mass is 9.92. The number of carboxylic acids is 1. The molecule has 1 aliphatic rings. The molecule has 0 aromatic heterocycles. The van der Waals surface area contributed by atoms with Crippen LogP contribution in [0.4, 0.5) is 0 Å². The van der Waals surface area contributed by atoms with Crippen LogP contribution in [-0.2, 0) is 21.2 Å². The van der Waals surface area contributed by atoms with Crippen molar-refractivity contribution in [2.75, 3.05) is 20.8 Å². The monoisotopic (exact) mass is 425 g/mol. The van der Waals surface area contributed by atoms with Gasteiger partial charge >= 0.3 is 5.97 Å². The van der Waals surface area contributed by atoms with Gasteiger partial charge in [0.2, 0.25) is 10.0 Å². The van der Waals surface area contributed by atoms with Gasteiger partial charge in [0.1, 0.15) is 4.90 Å². The number of ether oxygens (including phenoxy) is 2. The standard InChI is InChI=1S/C19H20ClNO6S/c1-26-16-9-12-7-8-21(28(24,25)18-6-4-3-5-14(18)20)15(11-19(22)23)13(12)10-17(16)27-2/h3-6,9-10,15H,7-8,11H2,1-2H3,(H,22,23)/t15-/m0/s1. The maximum absolute atomic E-state index is 13.3. The molecule has 9 heteroatoms. The molecule has 0 fully saturated rings. The lowest BCUT2D eigenvalue weighted by molar-refractivity contribution is -0.138. The molecular weight excluding hydrogens is 406 g/mol. The van der Waals surface area contributed by atoms with Gasteiger partial charge in [-0.3, -0.25) is 4.79 Å². The Morgan fingerprint density at radius 2 is 1.86 bits per heavy atom. The summed E-state index contributed by atoms with van der Waals surface area (Å²) < 4.78 is 38.4. The Kier molecular flexibility index (Phi) is 5.83. The summed E-state index contributed by atoms with van der Waals surface area (Å²) in [5.41, 5.74) is 1.41. The number of halogens is 1. The molecule has 28 heavy (non-hydrogen) atoms. The van der Waals surface area contributed by atoms with Crippen LogP contribution in [-0.4, -0.2) is 44.6 Å². The second kappa shape index (κ2) is 7.98. The van der Waals surface area contributed by atoms with Gasteiger partial charge in [-0.1, -0.05) is 23.7 Å². The number of hydrogen-bond acceptors (Lipinski definition) is 5. The molecule has 0 radical (unpaired) electrons. The normalized spacial score (nSPS) is 17.0. The zero-order chi connectivity index (χ0) is 20.5. The van der Waals surface area contributed by atoms with Crippen molar-refractivity contribution in [3.8, 4) is 11.5 Å². The maximum Gasteiger partial charge on any atom is 0.305 e. The third-order valence-corrected chi connectivity index (χ3v) is 7.15. The summed E-state index contributed by atoms with van der Waals surface area (Å²) in [5.74, 6) is -0.182. The zero-order valence-corrected chi connectivity index (χ0v) is 17.0. The highest BCUT2D eigenvalue weighted by molar-refractivity contribution is 7.89. The molecule has 0 unspecified atom stereocenters. The number of carbonyl (C=O) groups is 1. The van der Waals surface area contributed by atoms with E-state index in [1.54, 1.807) is 24.3 Å². The van der Waals surface area contributed by atoms with Crippen molar-refractivity contribution in [3.05, 3.63) is 52.5 Å². The van der Waals surface area contributed by atoms with Gasteiger partial charge in [-0.25, -0.2) is 8.42 Å². The molecule has 0 spiro atoms. The fourth-order valence-electron chi connectivity index (χ4n) is 3.45. The van der Waals surface area contributed by atoms with Crippen LogP contribution in [0.2, 0.25) is 5.02 Å². The van der Waals surface area contributed by atoms with Gasteiger partial charge in [0.05, 0.1) is 31.7 Å². The van der Waals surface area contributed by atoms with E-state index in [2.05, 4.69) is 0 Å². The molecule has 2 aromatic rings. The van der Waals surface area contributed by atoms with Crippen LogP contribution in [0.3, 0.4) is 0 Å². The van der Waals surface area contributed by atoms with Gasteiger partial charge in [0.25, 0.3) is 0 Å². The zero-order valence-electron chi connectivity index (χ0n) is 15.4. The number of rotatable bonds is 6. The summed E-state index contributed by atoms with van der Waals surface area (Å²) in [6, 6.07) is 8.65. The van der Waals surface area contributed by atoms with Crippen molar-refractivity contribution in [1.82, 2.24) is 4.31 Å². The summed E-state index contributed by atoms with van der Waals surface area (Å²) in [4.78, 5) is 11.5. The first-order chi connectivity index (χ1) is 13.3. The Morgan fingerprint density at radius 1 is 1.21 bits per heavy atom. The molecule has 0 saturated carbocycles. The van der Waals surface area contributed by atoms with E-state index in [1.807, 2.05) is 0 Å². The Hall–Kier alpha value is -2.29. The molecule has 0 saturated heterocycles. The van der Waals surface area contributed by atoms with E-state index >= 15 is 0 Å². The lowest BCUT2D eigenvalue weighted by Crippen LogP contribution is -2.41. The molecular formula is C19H20ClNO6S. The molecule has 7 nitrogen and oxygen atoms in total. The summed E-state index contributed by atoms with van der Waals surface area (Å²) in [5, 5.41) is 9.52. The van der Waals surface area contributed by atoms with Crippen molar-refractivity contribution < 1.29 is 27.8 Å². The van der Waals surface area contributed by atoms with Crippen LogP contribution in [0.5, 0.6) is 11.5 Å². The van der Waals surface area contributed by atoms with Gasteiger partial charge < -0.3 is 14.6 Å². The number of fused-ring (bicyclic) bond motifs is 1. The average Bonchev–Trinajstić information content (AvgIpc) is 2.66. The van der Waals surface area contributed by atoms with Gasteiger partial charge in [0.15, 0.2) is 11.5 Å². The molecule has 0 aliphatic carbocycles. The minimum absolute atomic E-state index is 0.0454. The van der Waals surface area contributed by atoms with E-state index < -0.39 is 22.0 Å². The highest BCUT2D eigenvalue weighted by Gasteiger charge is 2.39. The Labute approximate surface area is 168 Å². The largest absolute Gasteiger partial charge is 0.493 e. The second-order valence-corrected chi connectivity index (χ2v) is 8.58. The number of aliphatic carboxylic acids is 1. The molecule has 1 aliphatic heterocycles. The highest BCUT2D eigenvalue weighted by atomic mass is 35.5. The van der Waals surface area contributed by atoms with Crippen molar-refractivity contribution in [2.24, 2.45) is 0 Å². The maximum atomic E-state index is 13.3. The summed E-state index contributed by atoms with van der Waals surface area (Å²) >= 11 is 6.11. The van der Waals surface area contributed by atoms with Crippen LogP contribution in [0.25, 0.3) is 0 Å². The van der Waals surface area contributed by atoms with Crippen LogP contribution in [0.15, 0.2) is 41.3 Å².